The predicted molar refractivity (Wildman–Crippen MR) is 72.2 cm³/mol. The quantitative estimate of drug-likeness (QED) is 0.942. The third kappa shape index (κ3) is 3.63. The minimum absolute atomic E-state index is 0.203. The number of amides is 1. The first-order chi connectivity index (χ1) is 8.75. The van der Waals surface area contributed by atoms with Crippen LogP contribution in [0.3, 0.4) is 0 Å². The van der Waals surface area contributed by atoms with Gasteiger partial charge in [-0.3, -0.25) is 4.79 Å². The van der Waals surface area contributed by atoms with Crippen molar-refractivity contribution in [1.82, 2.24) is 15.5 Å². The molecule has 0 aliphatic carbocycles. The summed E-state index contributed by atoms with van der Waals surface area (Å²) in [7, 11) is 0. The summed E-state index contributed by atoms with van der Waals surface area (Å²) in [5, 5.41) is 10.4. The van der Waals surface area contributed by atoms with Gasteiger partial charge in [0.25, 0.3) is 5.91 Å². The molecule has 4 nitrogen and oxygen atoms in total. The summed E-state index contributed by atoms with van der Waals surface area (Å²) < 4.78 is 0.614. The number of rotatable bonds is 4. The Balaban J connectivity index is 1.84. The zero-order valence-electron chi connectivity index (χ0n) is 9.64. The first-order valence-corrected chi connectivity index (χ1v) is 6.36. The zero-order chi connectivity index (χ0) is 12.8. The van der Waals surface area contributed by atoms with Gasteiger partial charge >= 0.3 is 0 Å². The van der Waals surface area contributed by atoms with Crippen molar-refractivity contribution in [1.29, 1.82) is 0 Å². The Labute approximate surface area is 114 Å². The molecular formula is C13H12BrN3O. The van der Waals surface area contributed by atoms with E-state index in [1.54, 1.807) is 12.1 Å². The van der Waals surface area contributed by atoms with Crippen molar-refractivity contribution < 1.29 is 4.79 Å². The Hall–Kier alpha value is -1.75. The molecular weight excluding hydrogens is 294 g/mol. The van der Waals surface area contributed by atoms with Gasteiger partial charge in [0.2, 0.25) is 0 Å². The van der Waals surface area contributed by atoms with Gasteiger partial charge in [-0.25, -0.2) is 0 Å². The molecule has 0 atom stereocenters. The van der Waals surface area contributed by atoms with E-state index in [0.717, 1.165) is 6.42 Å². The highest BCUT2D eigenvalue weighted by Gasteiger charge is 2.06. The smallest absolute Gasteiger partial charge is 0.271 e. The maximum Gasteiger partial charge on any atom is 0.271 e. The van der Waals surface area contributed by atoms with Crippen molar-refractivity contribution in [2.45, 2.75) is 6.42 Å². The molecule has 1 aromatic heterocycles. The second-order valence-electron chi connectivity index (χ2n) is 3.73. The minimum Gasteiger partial charge on any atom is -0.350 e. The summed E-state index contributed by atoms with van der Waals surface area (Å²) in [6, 6.07) is 13.3. The van der Waals surface area contributed by atoms with E-state index in [9.17, 15) is 4.79 Å². The fourth-order valence-electron chi connectivity index (χ4n) is 1.49. The van der Waals surface area contributed by atoms with Gasteiger partial charge < -0.3 is 5.32 Å². The summed E-state index contributed by atoms with van der Waals surface area (Å²) in [4.78, 5) is 11.7. The van der Waals surface area contributed by atoms with Crippen molar-refractivity contribution in [3.8, 4) is 0 Å². The lowest BCUT2D eigenvalue weighted by atomic mass is 10.1. The Morgan fingerprint density at radius 3 is 2.56 bits per heavy atom. The first-order valence-electron chi connectivity index (χ1n) is 5.57. The molecule has 0 radical (unpaired) electrons. The summed E-state index contributed by atoms with van der Waals surface area (Å²) in [6.07, 6.45) is 0.802. The van der Waals surface area contributed by atoms with Gasteiger partial charge in [0, 0.05) is 6.54 Å². The molecule has 0 spiro atoms. The van der Waals surface area contributed by atoms with Crippen LogP contribution in [0.1, 0.15) is 16.1 Å². The van der Waals surface area contributed by atoms with Crippen LogP contribution in [0, 0.1) is 0 Å². The van der Waals surface area contributed by atoms with Crippen molar-refractivity contribution in [3.63, 3.8) is 0 Å². The average molecular weight is 306 g/mol. The highest BCUT2D eigenvalue weighted by molar-refractivity contribution is 9.10. The predicted octanol–water partition coefficient (Wildman–Crippen LogP) is 2.21. The highest BCUT2D eigenvalue weighted by Crippen LogP contribution is 2.03. The second kappa shape index (κ2) is 6.26. The van der Waals surface area contributed by atoms with E-state index in [4.69, 9.17) is 0 Å². The van der Waals surface area contributed by atoms with Gasteiger partial charge in [0.05, 0.1) is 0 Å². The van der Waals surface area contributed by atoms with Crippen LogP contribution in [0.15, 0.2) is 47.1 Å². The number of halogens is 1. The van der Waals surface area contributed by atoms with Gasteiger partial charge in [0.1, 0.15) is 4.60 Å². The molecule has 0 saturated carbocycles. The highest BCUT2D eigenvalue weighted by atomic mass is 79.9. The lowest BCUT2D eigenvalue weighted by Gasteiger charge is -2.04. The fraction of sp³-hybridized carbons (Fsp3) is 0.154. The van der Waals surface area contributed by atoms with Crippen LogP contribution in [0.5, 0.6) is 0 Å². The molecule has 1 aromatic carbocycles. The van der Waals surface area contributed by atoms with Crippen LogP contribution in [-0.4, -0.2) is 22.6 Å². The first kappa shape index (κ1) is 12.7. The van der Waals surface area contributed by atoms with Crippen molar-refractivity contribution in [2.24, 2.45) is 0 Å². The van der Waals surface area contributed by atoms with Crippen molar-refractivity contribution >= 4 is 21.8 Å². The van der Waals surface area contributed by atoms with E-state index in [-0.39, 0.29) is 5.91 Å². The molecule has 1 amide bonds. The molecule has 0 aliphatic heterocycles. The lowest BCUT2D eigenvalue weighted by Crippen LogP contribution is -2.26. The van der Waals surface area contributed by atoms with E-state index in [1.807, 2.05) is 30.3 Å². The van der Waals surface area contributed by atoms with E-state index < -0.39 is 0 Å². The van der Waals surface area contributed by atoms with Crippen LogP contribution in [0.4, 0.5) is 0 Å². The number of hydrogen-bond acceptors (Lipinski definition) is 3. The second-order valence-corrected chi connectivity index (χ2v) is 4.55. The normalized spacial score (nSPS) is 10.1. The molecule has 0 unspecified atom stereocenters. The molecule has 18 heavy (non-hydrogen) atoms. The standard InChI is InChI=1S/C13H12BrN3O/c14-12-7-6-11(16-17-12)13(18)15-9-8-10-4-2-1-3-5-10/h1-7H,8-9H2,(H,15,18). The number of nitrogens with zero attached hydrogens (tertiary/aromatic N) is 2. The number of aromatic nitrogens is 2. The lowest BCUT2D eigenvalue weighted by molar-refractivity contribution is 0.0948. The molecule has 0 aliphatic rings. The van der Waals surface area contributed by atoms with E-state index in [0.29, 0.717) is 16.8 Å². The van der Waals surface area contributed by atoms with E-state index in [2.05, 4.69) is 31.4 Å². The molecule has 1 heterocycles. The van der Waals surface area contributed by atoms with Crippen molar-refractivity contribution in [3.05, 3.63) is 58.3 Å². The molecule has 1 N–H and O–H groups in total. The Morgan fingerprint density at radius 1 is 1.11 bits per heavy atom. The number of carbonyl (C=O) groups is 1. The molecule has 92 valence electrons. The Kier molecular flexibility index (Phi) is 4.41. The van der Waals surface area contributed by atoms with E-state index in [1.165, 1.54) is 5.56 Å². The largest absolute Gasteiger partial charge is 0.350 e. The monoisotopic (exact) mass is 305 g/mol. The minimum atomic E-state index is -0.203. The summed E-state index contributed by atoms with van der Waals surface area (Å²) >= 11 is 3.17. The van der Waals surface area contributed by atoms with Crippen LogP contribution < -0.4 is 5.32 Å². The summed E-state index contributed by atoms with van der Waals surface area (Å²) in [5.74, 6) is -0.203. The third-order valence-corrected chi connectivity index (χ3v) is 2.83. The molecule has 2 rings (SSSR count). The van der Waals surface area contributed by atoms with Gasteiger partial charge in [-0.2, -0.15) is 0 Å². The fourth-order valence-corrected chi connectivity index (χ4v) is 1.70. The molecule has 2 aromatic rings. The molecule has 5 heteroatoms. The zero-order valence-corrected chi connectivity index (χ0v) is 11.2. The summed E-state index contributed by atoms with van der Waals surface area (Å²) in [5.41, 5.74) is 1.52. The summed E-state index contributed by atoms with van der Waals surface area (Å²) in [6.45, 7) is 0.584. The van der Waals surface area contributed by atoms with Crippen LogP contribution >= 0.6 is 15.9 Å². The molecule has 0 saturated heterocycles. The maximum atomic E-state index is 11.7. The number of hydrogen-bond donors (Lipinski definition) is 1. The van der Waals surface area contributed by atoms with Gasteiger partial charge in [-0.1, -0.05) is 30.3 Å². The number of nitrogens with one attached hydrogen (secondary N) is 1. The van der Waals surface area contributed by atoms with Gasteiger partial charge in [0.15, 0.2) is 5.69 Å². The Bertz CT molecular complexity index is 514. The SMILES string of the molecule is O=C(NCCc1ccccc1)c1ccc(Br)nn1. The van der Waals surface area contributed by atoms with Crippen LogP contribution in [0.2, 0.25) is 0 Å². The number of benzene rings is 1. The van der Waals surface area contributed by atoms with Crippen molar-refractivity contribution in [2.75, 3.05) is 6.54 Å². The average Bonchev–Trinajstić information content (AvgIpc) is 2.40. The molecule has 0 bridgehead atoms. The van der Waals surface area contributed by atoms with E-state index >= 15 is 0 Å². The topological polar surface area (TPSA) is 54.9 Å². The maximum absolute atomic E-state index is 11.7. The molecule has 0 fully saturated rings. The van der Waals surface area contributed by atoms with Gasteiger partial charge in [-0.05, 0) is 40.0 Å². The van der Waals surface area contributed by atoms with Crippen LogP contribution in [0.25, 0.3) is 0 Å². The third-order valence-electron chi connectivity index (χ3n) is 2.41. The Morgan fingerprint density at radius 2 is 1.89 bits per heavy atom. The van der Waals surface area contributed by atoms with Gasteiger partial charge in [-0.15, -0.1) is 10.2 Å². The van der Waals surface area contributed by atoms with Crippen LogP contribution in [-0.2, 0) is 6.42 Å². The number of carbonyl (C=O) groups excluding carboxylic acids is 1.